The number of urea groups is 1. The monoisotopic (exact) mass is 441 g/mol. The zero-order valence-corrected chi connectivity index (χ0v) is 19.8. The van der Waals surface area contributed by atoms with Gasteiger partial charge in [-0.15, -0.1) is 0 Å². The van der Waals surface area contributed by atoms with E-state index in [2.05, 4.69) is 11.4 Å². The molecule has 1 aromatic carbocycles. The van der Waals surface area contributed by atoms with Gasteiger partial charge in [0.25, 0.3) is 0 Å². The first-order chi connectivity index (χ1) is 15.5. The smallest absolute Gasteiger partial charge is 0.317 e. The molecule has 2 fully saturated rings. The lowest BCUT2D eigenvalue weighted by Gasteiger charge is -2.47. The van der Waals surface area contributed by atoms with Gasteiger partial charge in [0.2, 0.25) is 5.91 Å². The fraction of sp³-hybridized carbons (Fsp3) is 0.692. The molecule has 176 valence electrons. The minimum atomic E-state index is -0.288. The second-order valence-corrected chi connectivity index (χ2v) is 9.77. The molecule has 1 atom stereocenters. The van der Waals surface area contributed by atoms with E-state index in [0.29, 0.717) is 25.6 Å². The SMILES string of the molecule is CCN(CC)C(=O)CC1CC2(CCN(C(=O)NC3CCCCC3)CC2)Oc2ccccc21. The Labute approximate surface area is 192 Å². The molecule has 32 heavy (non-hydrogen) atoms. The van der Waals surface area contributed by atoms with Gasteiger partial charge in [-0.05, 0) is 44.7 Å². The highest BCUT2D eigenvalue weighted by molar-refractivity contribution is 5.77. The van der Waals surface area contributed by atoms with E-state index in [9.17, 15) is 9.59 Å². The van der Waals surface area contributed by atoms with Crippen LogP contribution in [0, 0.1) is 0 Å². The van der Waals surface area contributed by atoms with E-state index >= 15 is 0 Å². The molecule has 0 aromatic heterocycles. The summed E-state index contributed by atoms with van der Waals surface area (Å²) in [5.41, 5.74) is 0.862. The van der Waals surface area contributed by atoms with Crippen LogP contribution >= 0.6 is 0 Å². The van der Waals surface area contributed by atoms with E-state index < -0.39 is 0 Å². The number of piperidine rings is 1. The summed E-state index contributed by atoms with van der Waals surface area (Å²) < 4.78 is 6.58. The Morgan fingerprint density at radius 2 is 1.78 bits per heavy atom. The van der Waals surface area contributed by atoms with Gasteiger partial charge in [-0.1, -0.05) is 37.5 Å². The molecular weight excluding hydrogens is 402 g/mol. The number of nitrogens with zero attached hydrogens (tertiary/aromatic N) is 2. The summed E-state index contributed by atoms with van der Waals surface area (Å²) in [5, 5.41) is 3.25. The molecule has 1 saturated heterocycles. The summed E-state index contributed by atoms with van der Waals surface area (Å²) in [6.45, 7) is 6.98. The molecule has 3 amide bonds. The molecule has 3 aliphatic rings. The molecule has 1 aromatic rings. The number of carbonyl (C=O) groups excluding carboxylic acids is 2. The number of ether oxygens (including phenoxy) is 1. The van der Waals surface area contributed by atoms with Crippen molar-refractivity contribution < 1.29 is 14.3 Å². The van der Waals surface area contributed by atoms with Gasteiger partial charge >= 0.3 is 6.03 Å². The van der Waals surface area contributed by atoms with Crippen molar-refractivity contribution in [2.45, 2.75) is 89.2 Å². The molecule has 6 heteroatoms. The van der Waals surface area contributed by atoms with Crippen molar-refractivity contribution in [3.05, 3.63) is 29.8 Å². The average Bonchev–Trinajstić information content (AvgIpc) is 2.81. The van der Waals surface area contributed by atoms with Crippen molar-refractivity contribution in [3.8, 4) is 5.75 Å². The largest absolute Gasteiger partial charge is 0.487 e. The molecule has 2 heterocycles. The van der Waals surface area contributed by atoms with Crippen LogP contribution in [0.2, 0.25) is 0 Å². The first kappa shape index (κ1) is 22.9. The number of hydrogen-bond donors (Lipinski definition) is 1. The summed E-state index contributed by atoms with van der Waals surface area (Å²) in [7, 11) is 0. The molecule has 4 rings (SSSR count). The highest BCUT2D eigenvalue weighted by atomic mass is 16.5. The lowest BCUT2D eigenvalue weighted by Crippen LogP contribution is -2.55. The Hall–Kier alpha value is -2.24. The van der Waals surface area contributed by atoms with Crippen LogP contribution in [0.4, 0.5) is 4.79 Å². The maximum absolute atomic E-state index is 12.9. The average molecular weight is 442 g/mol. The van der Waals surface area contributed by atoms with E-state index in [0.717, 1.165) is 56.5 Å². The second-order valence-electron chi connectivity index (χ2n) is 9.77. The van der Waals surface area contributed by atoms with Crippen molar-refractivity contribution in [3.63, 3.8) is 0 Å². The summed E-state index contributed by atoms with van der Waals surface area (Å²) in [6.07, 6.45) is 8.92. The van der Waals surface area contributed by atoms with Gasteiger partial charge in [-0.25, -0.2) is 4.79 Å². The molecule has 0 bridgehead atoms. The first-order valence-corrected chi connectivity index (χ1v) is 12.6. The third kappa shape index (κ3) is 5.05. The van der Waals surface area contributed by atoms with E-state index in [-0.39, 0.29) is 23.5 Å². The van der Waals surface area contributed by atoms with Crippen LogP contribution < -0.4 is 10.1 Å². The quantitative estimate of drug-likeness (QED) is 0.721. The predicted octanol–water partition coefficient (Wildman–Crippen LogP) is 4.69. The van der Waals surface area contributed by atoms with Gasteiger partial charge in [0.05, 0.1) is 0 Å². The Morgan fingerprint density at radius 3 is 2.47 bits per heavy atom. The van der Waals surface area contributed by atoms with E-state index in [1.54, 1.807) is 0 Å². The van der Waals surface area contributed by atoms with Crippen LogP contribution in [-0.4, -0.2) is 59.6 Å². The van der Waals surface area contributed by atoms with Gasteiger partial charge < -0.3 is 19.9 Å². The van der Waals surface area contributed by atoms with Crippen LogP contribution in [-0.2, 0) is 4.79 Å². The third-order valence-electron chi connectivity index (χ3n) is 7.74. The Bertz CT molecular complexity index is 793. The molecule has 1 N–H and O–H groups in total. The Balaban J connectivity index is 1.41. The van der Waals surface area contributed by atoms with Crippen LogP contribution in [0.1, 0.15) is 83.1 Å². The van der Waals surface area contributed by atoms with Crippen molar-refractivity contribution in [1.82, 2.24) is 15.1 Å². The van der Waals surface area contributed by atoms with Crippen LogP contribution in [0.25, 0.3) is 0 Å². The maximum Gasteiger partial charge on any atom is 0.317 e. The van der Waals surface area contributed by atoms with Crippen molar-refractivity contribution in [2.24, 2.45) is 0 Å². The summed E-state index contributed by atoms with van der Waals surface area (Å²) in [4.78, 5) is 29.6. The molecule has 2 aliphatic heterocycles. The van der Waals surface area contributed by atoms with Gasteiger partial charge in [0, 0.05) is 57.4 Å². The molecule has 1 aliphatic carbocycles. The number of rotatable bonds is 5. The predicted molar refractivity (Wildman–Crippen MR) is 126 cm³/mol. The molecule has 1 spiro atoms. The highest BCUT2D eigenvalue weighted by Crippen LogP contribution is 2.46. The first-order valence-electron chi connectivity index (χ1n) is 12.6. The lowest BCUT2D eigenvalue weighted by molar-refractivity contribution is -0.131. The second kappa shape index (κ2) is 10.1. The van der Waals surface area contributed by atoms with Crippen molar-refractivity contribution >= 4 is 11.9 Å². The standard InChI is InChI=1S/C26H39N3O3/c1-3-28(4-2)24(30)18-20-19-26(32-23-13-9-8-12-22(20)23)14-16-29(17-15-26)25(31)27-21-10-6-5-7-11-21/h8-9,12-13,20-21H,3-7,10-11,14-19H2,1-2H3,(H,27,31). The van der Waals surface area contributed by atoms with Gasteiger partial charge in [-0.2, -0.15) is 0 Å². The topological polar surface area (TPSA) is 61.9 Å². The number of benzene rings is 1. The third-order valence-corrected chi connectivity index (χ3v) is 7.74. The molecule has 1 unspecified atom stereocenters. The molecular formula is C26H39N3O3. The van der Waals surface area contributed by atoms with Gasteiger partial charge in [-0.3, -0.25) is 4.79 Å². The summed E-state index contributed by atoms with van der Waals surface area (Å²) >= 11 is 0. The number of amides is 3. The maximum atomic E-state index is 12.9. The zero-order valence-electron chi connectivity index (χ0n) is 19.8. The van der Waals surface area contributed by atoms with Crippen molar-refractivity contribution in [1.29, 1.82) is 0 Å². The normalized spacial score (nSPS) is 22.7. The fourth-order valence-corrected chi connectivity index (χ4v) is 5.78. The van der Waals surface area contributed by atoms with Gasteiger partial charge in [0.15, 0.2) is 0 Å². The Morgan fingerprint density at radius 1 is 1.09 bits per heavy atom. The van der Waals surface area contributed by atoms with E-state index in [1.807, 2.05) is 41.8 Å². The molecule has 6 nitrogen and oxygen atoms in total. The number of nitrogens with one attached hydrogen (secondary N) is 1. The van der Waals surface area contributed by atoms with E-state index in [4.69, 9.17) is 4.74 Å². The highest BCUT2D eigenvalue weighted by Gasteiger charge is 2.44. The lowest BCUT2D eigenvalue weighted by atomic mass is 9.76. The number of likely N-dealkylation sites (tertiary alicyclic amines) is 1. The number of para-hydroxylation sites is 1. The number of fused-ring (bicyclic) bond motifs is 1. The molecule has 0 radical (unpaired) electrons. The fourth-order valence-electron chi connectivity index (χ4n) is 5.78. The minimum Gasteiger partial charge on any atom is -0.487 e. The Kier molecular flexibility index (Phi) is 7.27. The van der Waals surface area contributed by atoms with Crippen LogP contribution in [0.5, 0.6) is 5.75 Å². The van der Waals surface area contributed by atoms with Crippen LogP contribution in [0.3, 0.4) is 0 Å². The van der Waals surface area contributed by atoms with E-state index in [1.165, 1.54) is 19.3 Å². The summed E-state index contributed by atoms with van der Waals surface area (Å²) in [6, 6.07) is 8.60. The summed E-state index contributed by atoms with van der Waals surface area (Å²) in [5.74, 6) is 1.29. The van der Waals surface area contributed by atoms with Gasteiger partial charge in [0.1, 0.15) is 11.4 Å². The van der Waals surface area contributed by atoms with Crippen LogP contribution in [0.15, 0.2) is 24.3 Å². The van der Waals surface area contributed by atoms with Crippen molar-refractivity contribution in [2.75, 3.05) is 26.2 Å². The number of carbonyl (C=O) groups is 2. The minimum absolute atomic E-state index is 0.0798. The number of hydrogen-bond acceptors (Lipinski definition) is 3. The molecule has 1 saturated carbocycles. The zero-order chi connectivity index (χ0) is 22.6.